The molecule has 1 saturated heterocycles. The third kappa shape index (κ3) is 4.09. The highest BCUT2D eigenvalue weighted by molar-refractivity contribution is 4.81. The molecule has 0 aromatic carbocycles. The number of nitrogens with zero attached hydrogens (tertiary/aromatic N) is 1. The zero-order valence-corrected chi connectivity index (χ0v) is 10.8. The smallest absolute Gasteiger partial charge is 0.0632 e. The summed E-state index contributed by atoms with van der Waals surface area (Å²) >= 11 is 0. The summed E-state index contributed by atoms with van der Waals surface area (Å²) in [4.78, 5) is 2.42. The molecule has 0 aliphatic carbocycles. The van der Waals surface area contributed by atoms with Gasteiger partial charge in [0.25, 0.3) is 0 Å². The molecule has 1 aliphatic heterocycles. The second-order valence-corrected chi connectivity index (χ2v) is 5.71. The van der Waals surface area contributed by atoms with Crippen LogP contribution in [0.5, 0.6) is 0 Å². The molecule has 0 aromatic heterocycles. The first-order valence-corrected chi connectivity index (χ1v) is 5.92. The average Bonchev–Trinajstić information content (AvgIpc) is 2.16. The molecule has 0 amide bonds. The Bertz CT molecular complexity index is 183. The van der Waals surface area contributed by atoms with Crippen LogP contribution in [-0.2, 0) is 4.74 Å². The lowest BCUT2D eigenvalue weighted by atomic mass is 9.87. The van der Waals surface area contributed by atoms with E-state index in [9.17, 15) is 0 Å². The van der Waals surface area contributed by atoms with Crippen LogP contribution in [0.4, 0.5) is 0 Å². The van der Waals surface area contributed by atoms with Gasteiger partial charge in [0.2, 0.25) is 0 Å². The van der Waals surface area contributed by atoms with Crippen molar-refractivity contribution in [3.05, 3.63) is 0 Å². The summed E-state index contributed by atoms with van der Waals surface area (Å²) in [5.74, 6) is 0. The Morgan fingerprint density at radius 2 is 2.13 bits per heavy atom. The fraction of sp³-hybridized carbons (Fsp3) is 1.00. The number of likely N-dealkylation sites (N-methyl/N-ethyl adjacent to an activating group) is 1. The molecule has 0 bridgehead atoms. The Morgan fingerprint density at radius 3 is 2.60 bits per heavy atom. The fourth-order valence-corrected chi connectivity index (χ4v) is 1.90. The molecule has 1 rings (SSSR count). The zero-order chi connectivity index (χ0) is 11.5. The van der Waals surface area contributed by atoms with Gasteiger partial charge in [-0.15, -0.1) is 0 Å². The molecule has 1 heterocycles. The molecule has 2 unspecified atom stereocenters. The van der Waals surface area contributed by atoms with Crippen LogP contribution in [0.1, 0.15) is 27.7 Å². The monoisotopic (exact) mass is 214 g/mol. The fourth-order valence-electron chi connectivity index (χ4n) is 1.90. The molecule has 3 nitrogen and oxygen atoms in total. The summed E-state index contributed by atoms with van der Waals surface area (Å²) in [7, 11) is 2.20. The Kier molecular flexibility index (Phi) is 4.56. The average molecular weight is 214 g/mol. The first-order valence-electron chi connectivity index (χ1n) is 5.92. The van der Waals surface area contributed by atoms with Crippen molar-refractivity contribution >= 4 is 0 Å². The summed E-state index contributed by atoms with van der Waals surface area (Å²) in [5.41, 5.74) is 0.338. The van der Waals surface area contributed by atoms with Gasteiger partial charge in [0.05, 0.1) is 13.2 Å². The van der Waals surface area contributed by atoms with E-state index in [4.69, 9.17) is 4.74 Å². The van der Waals surface area contributed by atoms with E-state index in [1.807, 2.05) is 0 Å². The van der Waals surface area contributed by atoms with Gasteiger partial charge in [-0.05, 0) is 19.4 Å². The van der Waals surface area contributed by atoms with Crippen molar-refractivity contribution in [1.29, 1.82) is 0 Å². The molecular formula is C12H26N2O. The molecule has 1 fully saturated rings. The van der Waals surface area contributed by atoms with Gasteiger partial charge < -0.3 is 15.0 Å². The first-order chi connectivity index (χ1) is 6.91. The van der Waals surface area contributed by atoms with E-state index in [1.54, 1.807) is 0 Å². The molecule has 15 heavy (non-hydrogen) atoms. The van der Waals surface area contributed by atoms with Crippen molar-refractivity contribution in [1.82, 2.24) is 10.2 Å². The van der Waals surface area contributed by atoms with Gasteiger partial charge in [-0.3, -0.25) is 0 Å². The maximum Gasteiger partial charge on any atom is 0.0632 e. The van der Waals surface area contributed by atoms with Gasteiger partial charge in [0.1, 0.15) is 0 Å². The van der Waals surface area contributed by atoms with Crippen molar-refractivity contribution in [2.24, 2.45) is 5.41 Å². The van der Waals surface area contributed by atoms with Crippen molar-refractivity contribution in [3.63, 3.8) is 0 Å². The third-order valence-electron chi connectivity index (χ3n) is 3.42. The van der Waals surface area contributed by atoms with Crippen LogP contribution in [0.25, 0.3) is 0 Å². The van der Waals surface area contributed by atoms with Crippen LogP contribution < -0.4 is 5.32 Å². The van der Waals surface area contributed by atoms with Crippen LogP contribution in [0, 0.1) is 5.41 Å². The van der Waals surface area contributed by atoms with E-state index >= 15 is 0 Å². The standard InChI is InChI=1S/C12H26N2O/c1-10(12(2,3)4)14(5)8-11-9-15-7-6-13-11/h10-11,13H,6-9H2,1-5H3. The van der Waals surface area contributed by atoms with E-state index in [2.05, 4.69) is 45.0 Å². The largest absolute Gasteiger partial charge is 0.378 e. The second-order valence-electron chi connectivity index (χ2n) is 5.71. The molecule has 0 aromatic rings. The van der Waals surface area contributed by atoms with E-state index in [0.717, 1.165) is 26.3 Å². The zero-order valence-electron chi connectivity index (χ0n) is 10.8. The predicted octanol–water partition coefficient (Wildman–Crippen LogP) is 1.34. The van der Waals surface area contributed by atoms with Crippen LogP contribution in [0.15, 0.2) is 0 Å². The summed E-state index contributed by atoms with van der Waals surface area (Å²) in [6, 6.07) is 1.08. The Balaban J connectivity index is 2.36. The lowest BCUT2D eigenvalue weighted by Gasteiger charge is -2.38. The number of hydrogen-bond donors (Lipinski definition) is 1. The normalized spacial score (nSPS) is 25.6. The summed E-state index contributed by atoms with van der Waals surface area (Å²) in [6.07, 6.45) is 0. The van der Waals surface area contributed by atoms with Gasteiger partial charge in [0.15, 0.2) is 0 Å². The van der Waals surface area contributed by atoms with E-state index in [0.29, 0.717) is 17.5 Å². The highest BCUT2D eigenvalue weighted by atomic mass is 16.5. The van der Waals surface area contributed by atoms with Crippen LogP contribution in [0.2, 0.25) is 0 Å². The Morgan fingerprint density at radius 1 is 1.47 bits per heavy atom. The summed E-state index contributed by atoms with van der Waals surface area (Å²) in [6.45, 7) is 12.9. The van der Waals surface area contributed by atoms with Crippen LogP contribution in [0.3, 0.4) is 0 Å². The van der Waals surface area contributed by atoms with E-state index < -0.39 is 0 Å². The minimum Gasteiger partial charge on any atom is -0.378 e. The highest BCUT2D eigenvalue weighted by Gasteiger charge is 2.26. The number of rotatable bonds is 3. The number of ether oxygens (including phenoxy) is 1. The van der Waals surface area contributed by atoms with Gasteiger partial charge in [-0.2, -0.15) is 0 Å². The summed E-state index contributed by atoms with van der Waals surface area (Å²) in [5, 5.41) is 3.49. The summed E-state index contributed by atoms with van der Waals surface area (Å²) < 4.78 is 5.46. The number of nitrogens with one attached hydrogen (secondary N) is 1. The van der Waals surface area contributed by atoms with E-state index in [-0.39, 0.29) is 0 Å². The molecule has 0 saturated carbocycles. The van der Waals surface area contributed by atoms with Gasteiger partial charge >= 0.3 is 0 Å². The molecule has 3 heteroatoms. The SMILES string of the molecule is CC(N(C)CC1COCCN1)C(C)(C)C. The number of morpholine rings is 1. The first kappa shape index (κ1) is 12.9. The van der Waals surface area contributed by atoms with Gasteiger partial charge in [-0.25, -0.2) is 0 Å². The van der Waals surface area contributed by atoms with Gasteiger partial charge in [-0.1, -0.05) is 20.8 Å². The van der Waals surface area contributed by atoms with Crippen LogP contribution in [-0.4, -0.2) is 50.3 Å². The van der Waals surface area contributed by atoms with Crippen molar-refractivity contribution in [3.8, 4) is 0 Å². The molecule has 0 spiro atoms. The minimum absolute atomic E-state index is 0.338. The maximum absolute atomic E-state index is 5.46. The maximum atomic E-state index is 5.46. The lowest BCUT2D eigenvalue weighted by Crippen LogP contribution is -2.51. The molecule has 1 aliphatic rings. The molecule has 1 N–H and O–H groups in total. The third-order valence-corrected chi connectivity index (χ3v) is 3.42. The molecule has 0 radical (unpaired) electrons. The second kappa shape index (κ2) is 5.28. The van der Waals surface area contributed by atoms with E-state index in [1.165, 1.54) is 0 Å². The minimum atomic E-state index is 0.338. The Hall–Kier alpha value is -0.120. The topological polar surface area (TPSA) is 24.5 Å². The highest BCUT2D eigenvalue weighted by Crippen LogP contribution is 2.23. The lowest BCUT2D eigenvalue weighted by molar-refractivity contribution is 0.0492. The van der Waals surface area contributed by atoms with Crippen LogP contribution >= 0.6 is 0 Å². The predicted molar refractivity (Wildman–Crippen MR) is 64.2 cm³/mol. The Labute approximate surface area is 94.2 Å². The van der Waals surface area contributed by atoms with Crippen molar-refractivity contribution < 1.29 is 4.74 Å². The van der Waals surface area contributed by atoms with Gasteiger partial charge in [0, 0.05) is 25.2 Å². The van der Waals surface area contributed by atoms with Crippen molar-refractivity contribution in [2.45, 2.75) is 39.8 Å². The molecule has 2 atom stereocenters. The molecular weight excluding hydrogens is 188 g/mol. The van der Waals surface area contributed by atoms with Crippen molar-refractivity contribution in [2.75, 3.05) is 33.4 Å². The quantitative estimate of drug-likeness (QED) is 0.767. The molecule has 90 valence electrons. The number of hydrogen-bond acceptors (Lipinski definition) is 3.